The van der Waals surface area contributed by atoms with Gasteiger partial charge in [-0.15, -0.1) is 0 Å². The lowest BCUT2D eigenvalue weighted by Crippen LogP contribution is -2.54. The van der Waals surface area contributed by atoms with Crippen molar-refractivity contribution in [1.29, 1.82) is 0 Å². The van der Waals surface area contributed by atoms with Crippen LogP contribution >= 0.6 is 0 Å². The van der Waals surface area contributed by atoms with Crippen LogP contribution in [-0.4, -0.2) is 51.4 Å². The molecule has 2 aromatic carbocycles. The Hall–Kier alpha value is -3.12. The van der Waals surface area contributed by atoms with Gasteiger partial charge in [0.2, 0.25) is 0 Å². The van der Waals surface area contributed by atoms with Crippen LogP contribution in [0.3, 0.4) is 0 Å². The van der Waals surface area contributed by atoms with E-state index in [1.807, 2.05) is 19.1 Å². The summed E-state index contributed by atoms with van der Waals surface area (Å²) in [5, 5.41) is 4.34. The molecule has 2 N–H and O–H groups in total. The third-order valence-corrected chi connectivity index (χ3v) is 8.03. The van der Waals surface area contributed by atoms with Gasteiger partial charge in [0, 0.05) is 23.8 Å². The van der Waals surface area contributed by atoms with E-state index in [9.17, 15) is 9.59 Å². The molecule has 0 bridgehead atoms. The van der Waals surface area contributed by atoms with E-state index in [1.54, 1.807) is 0 Å². The Kier molecular flexibility index (Phi) is 4.80. The Balaban J connectivity index is 1.11. The van der Waals surface area contributed by atoms with E-state index in [0.29, 0.717) is 0 Å². The smallest absolute Gasteiger partial charge is 0.325 e. The van der Waals surface area contributed by atoms with Crippen LogP contribution in [0.5, 0.6) is 0 Å². The molecule has 2 fully saturated rings. The second kappa shape index (κ2) is 7.73. The molecular weight excluding hydrogens is 412 g/mol. The van der Waals surface area contributed by atoms with Crippen LogP contribution < -0.4 is 5.32 Å². The lowest BCUT2D eigenvalue weighted by atomic mass is 9.78. The Morgan fingerprint density at radius 2 is 1.64 bits per heavy atom. The van der Waals surface area contributed by atoms with E-state index in [4.69, 9.17) is 0 Å². The molecule has 6 nitrogen and oxygen atoms in total. The van der Waals surface area contributed by atoms with E-state index in [-0.39, 0.29) is 23.9 Å². The van der Waals surface area contributed by atoms with Crippen LogP contribution in [0.25, 0.3) is 10.9 Å². The number of hydrogen-bond donors (Lipinski definition) is 2. The molecule has 3 aliphatic rings. The predicted octanol–water partition coefficient (Wildman–Crippen LogP) is 3.86. The van der Waals surface area contributed by atoms with Crippen molar-refractivity contribution >= 4 is 22.8 Å². The van der Waals surface area contributed by atoms with Gasteiger partial charge in [0.05, 0.1) is 0 Å². The summed E-state index contributed by atoms with van der Waals surface area (Å²) in [6.45, 7) is 4.67. The molecule has 6 rings (SSSR count). The van der Waals surface area contributed by atoms with Gasteiger partial charge < -0.3 is 10.3 Å². The van der Waals surface area contributed by atoms with Gasteiger partial charge in [-0.1, -0.05) is 42.5 Å². The van der Waals surface area contributed by atoms with Crippen molar-refractivity contribution < 1.29 is 9.59 Å². The number of nitrogens with zero attached hydrogens (tertiary/aromatic N) is 2. The van der Waals surface area contributed by atoms with E-state index in [1.165, 1.54) is 32.6 Å². The molecule has 0 radical (unpaired) electrons. The molecule has 1 unspecified atom stereocenters. The first-order valence-electron chi connectivity index (χ1n) is 12.0. The number of carbonyl (C=O) groups is 2. The average Bonchev–Trinajstić information content (AvgIpc) is 3.48. The number of H-pyrrole nitrogens is 1. The molecule has 170 valence electrons. The minimum atomic E-state index is -0.806. The number of hydrogen-bond acceptors (Lipinski definition) is 3. The second-order valence-corrected chi connectivity index (χ2v) is 10.1. The highest BCUT2D eigenvalue weighted by Crippen LogP contribution is 2.37. The Morgan fingerprint density at radius 3 is 2.33 bits per heavy atom. The molecule has 2 saturated heterocycles. The summed E-state index contributed by atoms with van der Waals surface area (Å²) in [7, 11) is 0. The minimum absolute atomic E-state index is 0.0422. The zero-order chi connectivity index (χ0) is 22.6. The Bertz CT molecular complexity index is 1170. The van der Waals surface area contributed by atoms with E-state index in [0.717, 1.165) is 45.3 Å². The topological polar surface area (TPSA) is 68.4 Å². The Labute approximate surface area is 193 Å². The van der Waals surface area contributed by atoms with Crippen molar-refractivity contribution in [1.82, 2.24) is 20.1 Å². The number of likely N-dealkylation sites (tertiary alicyclic amines) is 1. The standard InChI is InChI=1S/C27H30N4O2/c1-27(25(32)31(26(33)29-27)23-15-18-6-2-3-7-19(18)16-23)21-10-12-30(13-11-21)17-22-14-20-8-4-5-9-24(20)28-22/h2-9,14,21,23,28H,10-13,15-17H2,1H3,(H,29,33). The summed E-state index contributed by atoms with van der Waals surface area (Å²) < 4.78 is 0. The van der Waals surface area contributed by atoms with E-state index < -0.39 is 5.54 Å². The number of piperidine rings is 1. The monoisotopic (exact) mass is 442 g/mol. The van der Waals surface area contributed by atoms with Crippen LogP contribution in [0.15, 0.2) is 54.6 Å². The molecule has 3 aromatic rings. The summed E-state index contributed by atoms with van der Waals surface area (Å²) in [5.74, 6) is 0.112. The van der Waals surface area contributed by atoms with Crippen molar-refractivity contribution in [3.63, 3.8) is 0 Å². The first-order chi connectivity index (χ1) is 16.0. The van der Waals surface area contributed by atoms with Crippen LogP contribution in [0.2, 0.25) is 0 Å². The molecule has 1 aromatic heterocycles. The lowest BCUT2D eigenvalue weighted by Gasteiger charge is -2.39. The molecule has 2 aliphatic heterocycles. The number of rotatable bonds is 4. The fourth-order valence-electron chi connectivity index (χ4n) is 6.13. The van der Waals surface area contributed by atoms with Gasteiger partial charge in [0.15, 0.2) is 0 Å². The highest BCUT2D eigenvalue weighted by molar-refractivity contribution is 6.07. The zero-order valence-corrected chi connectivity index (χ0v) is 19.0. The quantitative estimate of drug-likeness (QED) is 0.603. The maximum Gasteiger partial charge on any atom is 0.325 e. The van der Waals surface area contributed by atoms with Crippen LogP contribution in [-0.2, 0) is 24.2 Å². The highest BCUT2D eigenvalue weighted by Gasteiger charge is 2.55. The number of nitrogens with one attached hydrogen (secondary N) is 2. The maximum atomic E-state index is 13.6. The largest absolute Gasteiger partial charge is 0.357 e. The average molecular weight is 443 g/mol. The molecule has 1 atom stereocenters. The van der Waals surface area contributed by atoms with Crippen LogP contribution in [0.1, 0.15) is 36.6 Å². The van der Waals surface area contributed by atoms with Crippen LogP contribution in [0.4, 0.5) is 4.79 Å². The molecule has 3 heterocycles. The maximum absolute atomic E-state index is 13.6. The molecule has 3 amide bonds. The van der Waals surface area contributed by atoms with Gasteiger partial charge >= 0.3 is 6.03 Å². The first-order valence-corrected chi connectivity index (χ1v) is 12.0. The van der Waals surface area contributed by atoms with Gasteiger partial charge in [-0.3, -0.25) is 14.6 Å². The fourth-order valence-corrected chi connectivity index (χ4v) is 6.13. The number of aromatic nitrogens is 1. The molecule has 1 aliphatic carbocycles. The van der Waals surface area contributed by atoms with Gasteiger partial charge in [-0.05, 0) is 80.3 Å². The summed E-state index contributed by atoms with van der Waals surface area (Å²) >= 11 is 0. The molecular formula is C27H30N4O2. The van der Waals surface area contributed by atoms with Crippen molar-refractivity contribution in [3.05, 3.63) is 71.4 Å². The predicted molar refractivity (Wildman–Crippen MR) is 128 cm³/mol. The number of amides is 3. The van der Waals surface area contributed by atoms with Crippen molar-refractivity contribution in [2.45, 2.75) is 50.7 Å². The fraction of sp³-hybridized carbons (Fsp3) is 0.407. The van der Waals surface area contributed by atoms with Gasteiger partial charge in [-0.2, -0.15) is 0 Å². The summed E-state index contributed by atoms with van der Waals surface area (Å²) in [4.78, 5) is 34.0. The lowest BCUT2D eigenvalue weighted by molar-refractivity contribution is -0.134. The van der Waals surface area contributed by atoms with E-state index >= 15 is 0 Å². The number of imide groups is 1. The van der Waals surface area contributed by atoms with Crippen molar-refractivity contribution in [2.24, 2.45) is 5.92 Å². The second-order valence-electron chi connectivity index (χ2n) is 10.1. The molecule has 0 saturated carbocycles. The number of carbonyl (C=O) groups excluding carboxylic acids is 2. The first kappa shape index (κ1) is 20.5. The summed E-state index contributed by atoms with van der Waals surface area (Å²) in [6, 6.07) is 18.6. The summed E-state index contributed by atoms with van der Waals surface area (Å²) in [5.41, 5.74) is 4.09. The number of aromatic amines is 1. The number of urea groups is 1. The minimum Gasteiger partial charge on any atom is -0.357 e. The third-order valence-electron chi connectivity index (χ3n) is 8.03. The SMILES string of the molecule is CC1(C2CCN(Cc3cc4ccccc4[nH]3)CC2)NC(=O)N(C2Cc3ccccc3C2)C1=O. The Morgan fingerprint density at radius 1 is 0.970 bits per heavy atom. The van der Waals surface area contributed by atoms with Crippen molar-refractivity contribution in [2.75, 3.05) is 13.1 Å². The number of para-hydroxylation sites is 1. The number of benzene rings is 2. The van der Waals surface area contributed by atoms with Gasteiger partial charge in [0.25, 0.3) is 5.91 Å². The third kappa shape index (κ3) is 3.44. The summed E-state index contributed by atoms with van der Waals surface area (Å²) in [6.07, 6.45) is 3.33. The normalized spacial score (nSPS) is 24.6. The highest BCUT2D eigenvalue weighted by atomic mass is 16.2. The van der Waals surface area contributed by atoms with E-state index in [2.05, 4.69) is 57.7 Å². The number of fused-ring (bicyclic) bond motifs is 2. The van der Waals surface area contributed by atoms with Crippen LogP contribution in [0, 0.1) is 5.92 Å². The molecule has 33 heavy (non-hydrogen) atoms. The van der Waals surface area contributed by atoms with Gasteiger partial charge in [0.1, 0.15) is 5.54 Å². The van der Waals surface area contributed by atoms with Gasteiger partial charge in [-0.25, -0.2) is 4.79 Å². The zero-order valence-electron chi connectivity index (χ0n) is 19.0. The molecule has 0 spiro atoms. The van der Waals surface area contributed by atoms with Crippen molar-refractivity contribution in [3.8, 4) is 0 Å². The molecule has 6 heteroatoms.